The van der Waals surface area contributed by atoms with Gasteiger partial charge in [-0.1, -0.05) is 17.7 Å². The van der Waals surface area contributed by atoms with Crippen LogP contribution in [0.5, 0.6) is 5.75 Å². The number of rotatable bonds is 4. The molecular formula is C25H19N3O4. The normalized spacial score (nSPS) is 17.3. The maximum absolute atomic E-state index is 13.2. The lowest BCUT2D eigenvalue weighted by atomic mass is 9.97. The molecule has 1 N–H and O–H groups in total. The molecule has 32 heavy (non-hydrogen) atoms. The Labute approximate surface area is 184 Å². The molecule has 1 fully saturated rings. The predicted molar refractivity (Wildman–Crippen MR) is 118 cm³/mol. The summed E-state index contributed by atoms with van der Waals surface area (Å²) < 4.78 is 5.37. The number of aliphatic hydroxyl groups excluding tert-OH is 1. The molecule has 7 nitrogen and oxygen atoms in total. The standard InChI is InChI=1S/C25H19N3O4/c1-15-6-11-20(32-2)18(13-15)23(29)21-22(19-5-3-4-12-27-19)28(25(31)24(21)30)17-9-7-16(14-26)8-10-17/h3-13,22,29H,1-2H3/b23-21+. The van der Waals surface area contributed by atoms with E-state index in [-0.39, 0.29) is 11.3 Å². The van der Waals surface area contributed by atoms with Crippen molar-refractivity contribution in [3.05, 3.63) is 94.8 Å². The van der Waals surface area contributed by atoms with Crippen molar-refractivity contribution in [1.29, 1.82) is 5.26 Å². The summed E-state index contributed by atoms with van der Waals surface area (Å²) >= 11 is 0. The molecule has 1 aliphatic heterocycles. The second-order valence-electron chi connectivity index (χ2n) is 7.29. The van der Waals surface area contributed by atoms with Crippen molar-refractivity contribution in [2.24, 2.45) is 0 Å². The van der Waals surface area contributed by atoms with Gasteiger partial charge in [0.05, 0.1) is 35.6 Å². The van der Waals surface area contributed by atoms with E-state index in [1.807, 2.05) is 19.1 Å². The van der Waals surface area contributed by atoms with Gasteiger partial charge in [-0.2, -0.15) is 5.26 Å². The zero-order valence-electron chi connectivity index (χ0n) is 17.4. The van der Waals surface area contributed by atoms with Crippen LogP contribution in [0, 0.1) is 18.3 Å². The fourth-order valence-corrected chi connectivity index (χ4v) is 3.76. The number of aryl methyl sites for hydroxylation is 1. The molecule has 2 aromatic carbocycles. The van der Waals surface area contributed by atoms with Crippen molar-refractivity contribution in [3.8, 4) is 11.8 Å². The molecule has 1 aliphatic rings. The van der Waals surface area contributed by atoms with E-state index in [1.165, 1.54) is 12.0 Å². The number of hydrogen-bond acceptors (Lipinski definition) is 6. The van der Waals surface area contributed by atoms with E-state index in [4.69, 9.17) is 10.00 Å². The highest BCUT2D eigenvalue weighted by Crippen LogP contribution is 2.42. The van der Waals surface area contributed by atoms with Crippen molar-refractivity contribution >= 4 is 23.1 Å². The third-order valence-corrected chi connectivity index (χ3v) is 5.30. The number of methoxy groups -OCH3 is 1. The number of nitriles is 1. The third kappa shape index (κ3) is 3.48. The summed E-state index contributed by atoms with van der Waals surface area (Å²) in [5.41, 5.74) is 2.33. The van der Waals surface area contributed by atoms with Crippen molar-refractivity contribution in [2.75, 3.05) is 12.0 Å². The smallest absolute Gasteiger partial charge is 0.300 e. The van der Waals surface area contributed by atoms with Crippen LogP contribution in [0.1, 0.15) is 28.4 Å². The van der Waals surface area contributed by atoms with Crippen LogP contribution in [0.15, 0.2) is 72.4 Å². The molecule has 1 atom stereocenters. The fourth-order valence-electron chi connectivity index (χ4n) is 3.76. The number of benzene rings is 2. The van der Waals surface area contributed by atoms with Crippen LogP contribution in [0.3, 0.4) is 0 Å². The lowest BCUT2D eigenvalue weighted by Crippen LogP contribution is -2.29. The number of carbonyl (C=O) groups excluding carboxylic acids is 2. The van der Waals surface area contributed by atoms with Gasteiger partial charge in [-0.3, -0.25) is 19.5 Å². The number of ketones is 1. The molecule has 7 heteroatoms. The zero-order valence-corrected chi connectivity index (χ0v) is 17.4. The minimum Gasteiger partial charge on any atom is -0.507 e. The van der Waals surface area contributed by atoms with Gasteiger partial charge < -0.3 is 9.84 Å². The highest BCUT2D eigenvalue weighted by Gasteiger charge is 2.47. The number of anilines is 1. The number of ether oxygens (including phenoxy) is 1. The van der Waals surface area contributed by atoms with Crippen LogP contribution in [-0.4, -0.2) is 28.9 Å². The first-order valence-corrected chi connectivity index (χ1v) is 9.83. The highest BCUT2D eigenvalue weighted by atomic mass is 16.5. The molecule has 1 unspecified atom stereocenters. The number of pyridine rings is 1. The Morgan fingerprint density at radius 1 is 1.12 bits per heavy atom. The van der Waals surface area contributed by atoms with Gasteiger partial charge in [-0.05, 0) is 55.5 Å². The molecule has 0 saturated carbocycles. The molecule has 0 aliphatic carbocycles. The number of amides is 1. The summed E-state index contributed by atoms with van der Waals surface area (Å²) in [6.45, 7) is 1.85. The third-order valence-electron chi connectivity index (χ3n) is 5.30. The number of carbonyl (C=O) groups is 2. The van der Waals surface area contributed by atoms with Gasteiger partial charge in [-0.15, -0.1) is 0 Å². The average Bonchev–Trinajstić information content (AvgIpc) is 3.09. The van der Waals surface area contributed by atoms with Crippen LogP contribution in [0.4, 0.5) is 5.69 Å². The minimum atomic E-state index is -0.950. The van der Waals surface area contributed by atoms with Crippen LogP contribution >= 0.6 is 0 Å². The molecule has 1 saturated heterocycles. The number of nitrogens with zero attached hydrogens (tertiary/aromatic N) is 3. The number of aromatic nitrogens is 1. The average molecular weight is 425 g/mol. The van der Waals surface area contributed by atoms with Crippen molar-refractivity contribution < 1.29 is 19.4 Å². The Morgan fingerprint density at radius 3 is 2.50 bits per heavy atom. The Hall–Kier alpha value is -4.44. The van der Waals surface area contributed by atoms with Crippen molar-refractivity contribution in [3.63, 3.8) is 0 Å². The van der Waals surface area contributed by atoms with E-state index in [0.29, 0.717) is 28.3 Å². The van der Waals surface area contributed by atoms with E-state index in [9.17, 15) is 14.7 Å². The maximum Gasteiger partial charge on any atom is 0.300 e. The quantitative estimate of drug-likeness (QED) is 0.386. The molecule has 1 aromatic heterocycles. The molecule has 1 amide bonds. The number of Topliss-reactive ketones (excluding diaryl/α,β-unsaturated/α-hetero) is 1. The summed E-state index contributed by atoms with van der Waals surface area (Å²) in [4.78, 5) is 31.9. The van der Waals surface area contributed by atoms with Crippen LogP contribution in [0.2, 0.25) is 0 Å². The van der Waals surface area contributed by atoms with Gasteiger partial charge in [0.15, 0.2) is 0 Å². The number of hydrogen-bond donors (Lipinski definition) is 1. The van der Waals surface area contributed by atoms with E-state index >= 15 is 0 Å². The zero-order chi connectivity index (χ0) is 22.8. The Kier molecular flexibility index (Phi) is 5.44. The van der Waals surface area contributed by atoms with Gasteiger partial charge >= 0.3 is 0 Å². The first-order valence-electron chi connectivity index (χ1n) is 9.83. The minimum absolute atomic E-state index is 0.0815. The molecule has 158 valence electrons. The highest BCUT2D eigenvalue weighted by molar-refractivity contribution is 6.51. The summed E-state index contributed by atoms with van der Waals surface area (Å²) in [7, 11) is 1.47. The van der Waals surface area contributed by atoms with Crippen molar-refractivity contribution in [2.45, 2.75) is 13.0 Å². The summed E-state index contributed by atoms with van der Waals surface area (Å²) in [6, 6.07) is 17.7. The van der Waals surface area contributed by atoms with Gasteiger partial charge in [-0.25, -0.2) is 0 Å². The summed E-state index contributed by atoms with van der Waals surface area (Å²) in [6.07, 6.45) is 1.56. The second kappa shape index (κ2) is 8.36. The van der Waals surface area contributed by atoms with Gasteiger partial charge in [0, 0.05) is 11.9 Å². The molecule has 0 bridgehead atoms. The lowest BCUT2D eigenvalue weighted by Gasteiger charge is -2.24. The Morgan fingerprint density at radius 2 is 1.88 bits per heavy atom. The Balaban J connectivity index is 1.96. The molecule has 0 radical (unpaired) electrons. The molecule has 3 aromatic rings. The maximum atomic E-state index is 13.2. The Bertz CT molecular complexity index is 1270. The van der Waals surface area contributed by atoms with Crippen LogP contribution in [0.25, 0.3) is 5.76 Å². The SMILES string of the molecule is COc1ccc(C)cc1/C(O)=C1\C(=O)C(=O)N(c2ccc(C#N)cc2)C1c1ccccn1. The number of aliphatic hydroxyl groups is 1. The summed E-state index contributed by atoms with van der Waals surface area (Å²) in [5.74, 6) is -1.59. The van der Waals surface area contributed by atoms with Gasteiger partial charge in [0.25, 0.3) is 11.7 Å². The van der Waals surface area contributed by atoms with Crippen LogP contribution < -0.4 is 9.64 Å². The van der Waals surface area contributed by atoms with Crippen LogP contribution in [-0.2, 0) is 9.59 Å². The summed E-state index contributed by atoms with van der Waals surface area (Å²) in [5, 5.41) is 20.3. The van der Waals surface area contributed by atoms with E-state index in [0.717, 1.165) is 5.56 Å². The van der Waals surface area contributed by atoms with E-state index in [1.54, 1.807) is 60.8 Å². The second-order valence-corrected chi connectivity index (χ2v) is 7.29. The topological polar surface area (TPSA) is 104 Å². The largest absolute Gasteiger partial charge is 0.507 e. The monoisotopic (exact) mass is 425 g/mol. The first-order chi connectivity index (χ1) is 15.5. The van der Waals surface area contributed by atoms with E-state index in [2.05, 4.69) is 4.98 Å². The van der Waals surface area contributed by atoms with Crippen molar-refractivity contribution in [1.82, 2.24) is 4.98 Å². The molecular weight excluding hydrogens is 406 g/mol. The molecule has 2 heterocycles. The first kappa shape index (κ1) is 20.8. The van der Waals surface area contributed by atoms with Gasteiger partial charge in [0.1, 0.15) is 17.6 Å². The molecule has 0 spiro atoms. The predicted octanol–water partition coefficient (Wildman–Crippen LogP) is 3.90. The van der Waals surface area contributed by atoms with E-state index < -0.39 is 17.7 Å². The molecule has 4 rings (SSSR count). The van der Waals surface area contributed by atoms with Gasteiger partial charge in [0.2, 0.25) is 0 Å². The lowest BCUT2D eigenvalue weighted by molar-refractivity contribution is -0.132. The fraction of sp³-hybridized carbons (Fsp3) is 0.120.